The Morgan fingerprint density at radius 3 is 2.35 bits per heavy atom. The Hall–Kier alpha value is -2.21. The Labute approximate surface area is 154 Å². The zero-order chi connectivity index (χ0) is 19.5. The van der Waals surface area contributed by atoms with E-state index < -0.39 is 24.7 Å². The maximum Gasteiger partial charge on any atom is 0.422 e. The minimum atomic E-state index is -4.51. The fourth-order valence-corrected chi connectivity index (χ4v) is 2.90. The van der Waals surface area contributed by atoms with Crippen molar-refractivity contribution in [3.63, 3.8) is 0 Å². The summed E-state index contributed by atoms with van der Waals surface area (Å²) in [5.41, 5.74) is 2.32. The van der Waals surface area contributed by atoms with Crippen molar-refractivity contribution < 1.29 is 27.8 Å². The number of ether oxygens (including phenoxy) is 1. The minimum absolute atomic E-state index is 0.0537. The number of halogens is 4. The quantitative estimate of drug-likeness (QED) is 0.678. The van der Waals surface area contributed by atoms with Gasteiger partial charge in [-0.2, -0.15) is 13.2 Å². The fraction of sp³-hybridized carbons (Fsp3) is 0.316. The lowest BCUT2D eigenvalue weighted by atomic mass is 9.92. The van der Waals surface area contributed by atoms with Gasteiger partial charge in [0, 0.05) is 5.56 Å². The van der Waals surface area contributed by atoms with Crippen LogP contribution >= 0.6 is 11.6 Å². The molecule has 0 saturated carbocycles. The van der Waals surface area contributed by atoms with E-state index in [1.165, 1.54) is 12.1 Å². The maximum absolute atomic E-state index is 12.6. The van der Waals surface area contributed by atoms with Crippen LogP contribution in [0.3, 0.4) is 0 Å². The molecule has 0 spiro atoms. The van der Waals surface area contributed by atoms with Crippen molar-refractivity contribution in [2.24, 2.45) is 0 Å². The average Bonchev–Trinajstić information content (AvgIpc) is 2.53. The van der Waals surface area contributed by atoms with Crippen molar-refractivity contribution in [1.82, 2.24) is 0 Å². The molecular weight excluding hydrogens is 369 g/mol. The summed E-state index contributed by atoms with van der Waals surface area (Å²) in [5.74, 6) is -1.95. The second kappa shape index (κ2) is 7.99. The van der Waals surface area contributed by atoms with Crippen molar-refractivity contribution in [2.45, 2.75) is 32.4 Å². The van der Waals surface area contributed by atoms with Gasteiger partial charge < -0.3 is 9.84 Å². The zero-order valence-electron chi connectivity index (χ0n) is 14.2. The number of aliphatic carboxylic acids is 1. The molecule has 140 valence electrons. The molecule has 1 unspecified atom stereocenters. The Morgan fingerprint density at radius 2 is 1.85 bits per heavy atom. The van der Waals surface area contributed by atoms with Gasteiger partial charge in [0.1, 0.15) is 5.75 Å². The predicted molar refractivity (Wildman–Crippen MR) is 93.8 cm³/mol. The summed E-state index contributed by atoms with van der Waals surface area (Å²) in [6.07, 6.45) is -4.19. The van der Waals surface area contributed by atoms with Gasteiger partial charge in [0.15, 0.2) is 6.61 Å². The molecule has 2 aromatic rings. The highest BCUT2D eigenvalue weighted by Crippen LogP contribution is 2.40. The molecule has 0 aromatic heterocycles. The van der Waals surface area contributed by atoms with Gasteiger partial charge in [-0.1, -0.05) is 48.4 Å². The van der Waals surface area contributed by atoms with E-state index in [4.69, 9.17) is 16.3 Å². The van der Waals surface area contributed by atoms with Gasteiger partial charge in [-0.15, -0.1) is 0 Å². The molecule has 0 fully saturated rings. The minimum Gasteiger partial charge on any atom is -0.482 e. The largest absolute Gasteiger partial charge is 0.482 e. The third-order valence-electron chi connectivity index (χ3n) is 3.92. The number of rotatable bonds is 6. The summed E-state index contributed by atoms with van der Waals surface area (Å²) in [6, 6.07) is 9.95. The number of carbonyl (C=O) groups is 1. The van der Waals surface area contributed by atoms with Crippen LogP contribution in [0.1, 0.15) is 30.4 Å². The molecule has 1 atom stereocenters. The van der Waals surface area contributed by atoms with Crippen molar-refractivity contribution in [3.05, 3.63) is 52.5 Å². The molecule has 1 N–H and O–H groups in total. The molecule has 26 heavy (non-hydrogen) atoms. The molecule has 0 heterocycles. The predicted octanol–water partition coefficient (Wildman–Crippen LogP) is 5.83. The van der Waals surface area contributed by atoms with E-state index in [1.54, 1.807) is 31.2 Å². The van der Waals surface area contributed by atoms with E-state index in [0.29, 0.717) is 23.1 Å². The number of carboxylic acid groups (broad SMARTS) is 1. The van der Waals surface area contributed by atoms with Gasteiger partial charge in [-0.25, -0.2) is 0 Å². The lowest BCUT2D eigenvalue weighted by Crippen LogP contribution is -2.20. The van der Waals surface area contributed by atoms with Crippen LogP contribution < -0.4 is 4.74 Å². The van der Waals surface area contributed by atoms with Crippen LogP contribution in [0, 0.1) is 6.92 Å². The Bertz CT molecular complexity index is 786. The van der Waals surface area contributed by atoms with Crippen molar-refractivity contribution in [3.8, 4) is 16.9 Å². The molecule has 0 saturated heterocycles. The summed E-state index contributed by atoms with van der Waals surface area (Å²) in [5, 5.41) is 9.32. The van der Waals surface area contributed by atoms with Gasteiger partial charge in [-0.3, -0.25) is 4.79 Å². The first-order chi connectivity index (χ1) is 12.1. The highest BCUT2D eigenvalue weighted by atomic mass is 35.5. The van der Waals surface area contributed by atoms with E-state index in [9.17, 15) is 23.1 Å². The van der Waals surface area contributed by atoms with E-state index in [1.807, 2.05) is 6.92 Å². The average molecular weight is 387 g/mol. The van der Waals surface area contributed by atoms with E-state index in [2.05, 4.69) is 0 Å². The van der Waals surface area contributed by atoms with E-state index in [-0.39, 0.29) is 10.8 Å². The van der Waals surface area contributed by atoms with Crippen LogP contribution in [-0.4, -0.2) is 23.9 Å². The molecule has 0 aliphatic heterocycles. The molecule has 0 amide bonds. The number of benzene rings is 2. The van der Waals surface area contributed by atoms with Crippen molar-refractivity contribution >= 4 is 17.6 Å². The first-order valence-corrected chi connectivity index (χ1v) is 8.33. The zero-order valence-corrected chi connectivity index (χ0v) is 15.0. The van der Waals surface area contributed by atoms with Crippen LogP contribution in [0.5, 0.6) is 5.75 Å². The van der Waals surface area contributed by atoms with Gasteiger partial charge >= 0.3 is 12.1 Å². The summed E-state index contributed by atoms with van der Waals surface area (Å²) < 4.78 is 42.7. The standard InChI is InChI=1S/C19H18ClF3O3/c1-3-14(18(24)25)13-8-15(12-6-4-11(2)5-7-12)17(16(20)9-13)26-10-19(21,22)23/h4-9,14H,3,10H2,1-2H3,(H,24,25). The van der Waals surface area contributed by atoms with Gasteiger partial charge in [0.25, 0.3) is 0 Å². The molecule has 0 aliphatic rings. The molecule has 0 bridgehead atoms. The molecule has 7 heteroatoms. The van der Waals surface area contributed by atoms with Crippen LogP contribution in [0.15, 0.2) is 36.4 Å². The van der Waals surface area contributed by atoms with Crippen LogP contribution in [0.25, 0.3) is 11.1 Å². The highest BCUT2D eigenvalue weighted by molar-refractivity contribution is 6.32. The lowest BCUT2D eigenvalue weighted by Gasteiger charge is -2.19. The second-order valence-electron chi connectivity index (χ2n) is 5.95. The van der Waals surface area contributed by atoms with Crippen molar-refractivity contribution in [2.75, 3.05) is 6.61 Å². The smallest absolute Gasteiger partial charge is 0.422 e. The Kier molecular flexibility index (Phi) is 6.18. The first kappa shape index (κ1) is 20.1. The summed E-state index contributed by atoms with van der Waals surface area (Å²) in [6.45, 7) is 2.11. The van der Waals surface area contributed by atoms with E-state index in [0.717, 1.165) is 5.56 Å². The molecule has 2 rings (SSSR count). The number of aryl methyl sites for hydroxylation is 1. The highest BCUT2D eigenvalue weighted by Gasteiger charge is 2.30. The Morgan fingerprint density at radius 1 is 1.23 bits per heavy atom. The number of alkyl halides is 3. The summed E-state index contributed by atoms with van der Waals surface area (Å²) in [7, 11) is 0. The monoisotopic (exact) mass is 386 g/mol. The van der Waals surface area contributed by atoms with E-state index >= 15 is 0 Å². The third kappa shape index (κ3) is 4.91. The SMILES string of the molecule is CCC(C(=O)O)c1cc(Cl)c(OCC(F)(F)F)c(-c2ccc(C)cc2)c1. The number of hydrogen-bond acceptors (Lipinski definition) is 2. The molecular formula is C19H18ClF3O3. The van der Waals surface area contributed by atoms with Gasteiger partial charge in [-0.05, 0) is 36.6 Å². The number of hydrogen-bond donors (Lipinski definition) is 1. The molecule has 3 nitrogen and oxygen atoms in total. The Balaban J connectivity index is 2.59. The lowest BCUT2D eigenvalue weighted by molar-refractivity contribution is -0.153. The molecule has 0 aliphatic carbocycles. The van der Waals surface area contributed by atoms with Crippen LogP contribution in [0.2, 0.25) is 5.02 Å². The molecule has 2 aromatic carbocycles. The summed E-state index contributed by atoms with van der Waals surface area (Å²) in [4.78, 5) is 11.5. The number of carboxylic acids is 1. The van der Waals surface area contributed by atoms with Crippen LogP contribution in [-0.2, 0) is 4.79 Å². The summed E-state index contributed by atoms with van der Waals surface area (Å²) >= 11 is 6.17. The second-order valence-corrected chi connectivity index (χ2v) is 6.36. The van der Waals surface area contributed by atoms with Gasteiger partial charge in [0.2, 0.25) is 0 Å². The maximum atomic E-state index is 12.6. The third-order valence-corrected chi connectivity index (χ3v) is 4.20. The van der Waals surface area contributed by atoms with Crippen molar-refractivity contribution in [1.29, 1.82) is 0 Å². The fourth-order valence-electron chi connectivity index (χ4n) is 2.62. The molecule has 0 radical (unpaired) electrons. The van der Waals surface area contributed by atoms with Gasteiger partial charge in [0.05, 0.1) is 10.9 Å². The normalized spacial score (nSPS) is 12.7. The van der Waals surface area contributed by atoms with Crippen LogP contribution in [0.4, 0.5) is 13.2 Å². The topological polar surface area (TPSA) is 46.5 Å². The first-order valence-electron chi connectivity index (χ1n) is 7.95.